The van der Waals surface area contributed by atoms with Crippen LogP contribution in [0.15, 0.2) is 36.5 Å². The number of allylic oxidation sites excluding steroid dienone is 5. The molecule has 8 nitrogen and oxygen atoms in total. The summed E-state index contributed by atoms with van der Waals surface area (Å²) in [4.78, 5) is 23.1. The first kappa shape index (κ1) is 61.7. The van der Waals surface area contributed by atoms with E-state index >= 15 is 0 Å². The molecule has 0 aromatic heterocycles. The maximum absolute atomic E-state index is 12.8. The van der Waals surface area contributed by atoms with Crippen LogP contribution >= 0.6 is 7.82 Å². The van der Waals surface area contributed by atoms with Gasteiger partial charge in [-0.25, -0.2) is 4.57 Å². The largest absolute Gasteiger partial charge is 0.472 e. The van der Waals surface area contributed by atoms with Crippen LogP contribution in [0, 0.1) is 0 Å². The fourth-order valence-electron chi connectivity index (χ4n) is 7.83. The van der Waals surface area contributed by atoms with Crippen LogP contribution in [0.3, 0.4) is 0 Å². The van der Waals surface area contributed by atoms with Crippen molar-refractivity contribution in [3.63, 3.8) is 0 Å². The Morgan fingerprint density at radius 1 is 0.524 bits per heavy atom. The molecule has 63 heavy (non-hydrogen) atoms. The Labute approximate surface area is 391 Å². The quantitative estimate of drug-likeness (QED) is 0.0243. The molecule has 0 aliphatic rings. The van der Waals surface area contributed by atoms with Crippen molar-refractivity contribution in [2.24, 2.45) is 0 Å². The third kappa shape index (κ3) is 48.5. The van der Waals surface area contributed by atoms with Crippen LogP contribution in [-0.4, -0.2) is 73.4 Å². The maximum Gasteiger partial charge on any atom is 0.472 e. The van der Waals surface area contributed by atoms with Gasteiger partial charge in [-0.05, 0) is 51.4 Å². The molecule has 0 aromatic carbocycles. The summed E-state index contributed by atoms with van der Waals surface area (Å²) in [6.07, 6.45) is 58.5. The van der Waals surface area contributed by atoms with Gasteiger partial charge in [0.05, 0.1) is 39.9 Å². The minimum Gasteiger partial charge on any atom is -0.387 e. The van der Waals surface area contributed by atoms with E-state index in [1.807, 2.05) is 27.2 Å². The molecule has 3 N–H and O–H groups in total. The molecule has 0 radical (unpaired) electrons. The van der Waals surface area contributed by atoms with Crippen molar-refractivity contribution in [1.29, 1.82) is 0 Å². The molecule has 0 saturated heterocycles. The third-order valence-electron chi connectivity index (χ3n) is 12.1. The molecule has 372 valence electrons. The Kier molecular flexibility index (Phi) is 44.9. The van der Waals surface area contributed by atoms with E-state index in [4.69, 9.17) is 9.05 Å². The topological polar surface area (TPSA) is 105 Å². The van der Waals surface area contributed by atoms with Gasteiger partial charge in [0, 0.05) is 6.42 Å². The second-order valence-corrected chi connectivity index (χ2v) is 21.0. The Bertz CT molecular complexity index is 1120. The molecule has 3 unspecified atom stereocenters. The summed E-state index contributed by atoms with van der Waals surface area (Å²) in [5.41, 5.74) is 0. The van der Waals surface area contributed by atoms with E-state index < -0.39 is 20.0 Å². The molecule has 0 rings (SSSR count). The summed E-state index contributed by atoms with van der Waals surface area (Å²) in [6.45, 7) is 4.74. The van der Waals surface area contributed by atoms with Gasteiger partial charge < -0.3 is 19.8 Å². The van der Waals surface area contributed by atoms with Crippen molar-refractivity contribution in [1.82, 2.24) is 5.32 Å². The van der Waals surface area contributed by atoms with E-state index in [1.54, 1.807) is 6.08 Å². The third-order valence-corrected chi connectivity index (χ3v) is 13.0. The van der Waals surface area contributed by atoms with Crippen molar-refractivity contribution in [3.05, 3.63) is 36.5 Å². The highest BCUT2D eigenvalue weighted by molar-refractivity contribution is 7.47. The number of aliphatic hydroxyl groups is 1. The fourth-order valence-corrected chi connectivity index (χ4v) is 8.56. The Hall–Kier alpha value is -1.28. The van der Waals surface area contributed by atoms with Crippen LogP contribution in [0.4, 0.5) is 0 Å². The lowest BCUT2D eigenvalue weighted by atomic mass is 10.0. The number of nitrogens with one attached hydrogen (secondary N) is 1. The van der Waals surface area contributed by atoms with E-state index in [-0.39, 0.29) is 19.1 Å². The number of quaternary nitrogens is 1. The van der Waals surface area contributed by atoms with Crippen LogP contribution in [0.2, 0.25) is 0 Å². The fraction of sp³-hybridized carbons (Fsp3) is 0.870. The number of aliphatic hydroxyl groups excluding tert-OH is 1. The number of carbonyl (C=O) groups is 1. The first-order valence-electron chi connectivity index (χ1n) is 26.9. The lowest BCUT2D eigenvalue weighted by molar-refractivity contribution is -0.870. The van der Waals surface area contributed by atoms with Crippen molar-refractivity contribution in [2.45, 2.75) is 264 Å². The smallest absolute Gasteiger partial charge is 0.387 e. The second-order valence-electron chi connectivity index (χ2n) is 19.6. The monoisotopic (exact) mass is 910 g/mol. The van der Waals surface area contributed by atoms with Crippen molar-refractivity contribution in [3.8, 4) is 0 Å². The zero-order valence-corrected chi connectivity index (χ0v) is 43.2. The van der Waals surface area contributed by atoms with Gasteiger partial charge in [-0.3, -0.25) is 13.8 Å². The van der Waals surface area contributed by atoms with Gasteiger partial charge in [0.2, 0.25) is 5.91 Å². The Morgan fingerprint density at radius 3 is 1.33 bits per heavy atom. The molecule has 3 atom stereocenters. The van der Waals surface area contributed by atoms with Crippen LogP contribution in [0.1, 0.15) is 251 Å². The average Bonchev–Trinajstić information content (AvgIpc) is 3.24. The van der Waals surface area contributed by atoms with Gasteiger partial charge in [-0.2, -0.15) is 0 Å². The molecular formula is C54H106N2O6P+. The van der Waals surface area contributed by atoms with Crippen LogP contribution < -0.4 is 5.32 Å². The van der Waals surface area contributed by atoms with E-state index in [1.165, 1.54) is 167 Å². The van der Waals surface area contributed by atoms with Gasteiger partial charge >= 0.3 is 7.82 Å². The molecular weight excluding hydrogens is 804 g/mol. The highest BCUT2D eigenvalue weighted by Crippen LogP contribution is 2.43. The predicted octanol–water partition coefficient (Wildman–Crippen LogP) is 15.8. The number of unbranched alkanes of at least 4 members (excludes halogenated alkanes) is 32. The minimum atomic E-state index is -4.35. The van der Waals surface area contributed by atoms with Crippen molar-refractivity contribution < 1.29 is 32.9 Å². The number of hydrogen-bond acceptors (Lipinski definition) is 5. The molecule has 0 saturated carbocycles. The number of amides is 1. The normalized spacial score (nSPS) is 14.3. The average molecular weight is 910 g/mol. The molecule has 0 aliphatic carbocycles. The summed E-state index contributed by atoms with van der Waals surface area (Å²) >= 11 is 0. The van der Waals surface area contributed by atoms with Gasteiger partial charge in [0.1, 0.15) is 13.2 Å². The first-order chi connectivity index (χ1) is 30.5. The molecule has 0 heterocycles. The summed E-state index contributed by atoms with van der Waals surface area (Å²) in [7, 11) is 1.55. The Balaban J connectivity index is 4.08. The highest BCUT2D eigenvalue weighted by atomic mass is 31.2. The number of nitrogens with zero attached hydrogens (tertiary/aromatic N) is 1. The van der Waals surface area contributed by atoms with Crippen LogP contribution in [-0.2, 0) is 18.4 Å². The summed E-state index contributed by atoms with van der Waals surface area (Å²) in [5.74, 6) is -0.198. The Morgan fingerprint density at radius 2 is 0.905 bits per heavy atom. The van der Waals surface area contributed by atoms with E-state index in [2.05, 4.69) is 43.5 Å². The number of carbonyl (C=O) groups excluding carboxylic acids is 1. The summed E-state index contributed by atoms with van der Waals surface area (Å²) in [5, 5.41) is 13.8. The molecule has 9 heteroatoms. The lowest BCUT2D eigenvalue weighted by Gasteiger charge is -2.25. The molecule has 0 bridgehead atoms. The molecule has 0 fully saturated rings. The van der Waals surface area contributed by atoms with Gasteiger partial charge in [0.15, 0.2) is 0 Å². The van der Waals surface area contributed by atoms with E-state index in [9.17, 15) is 19.4 Å². The van der Waals surface area contributed by atoms with Gasteiger partial charge in [-0.15, -0.1) is 0 Å². The highest BCUT2D eigenvalue weighted by Gasteiger charge is 2.27. The maximum atomic E-state index is 12.8. The van der Waals surface area contributed by atoms with Crippen molar-refractivity contribution >= 4 is 13.7 Å². The van der Waals surface area contributed by atoms with Crippen LogP contribution in [0.5, 0.6) is 0 Å². The summed E-state index contributed by atoms with van der Waals surface area (Å²) < 4.78 is 23.6. The number of phosphoric acid groups is 1. The number of hydrogen-bond donors (Lipinski definition) is 3. The standard InChI is InChI=1S/C54H105N2O6P/c1-6-8-10-12-14-16-18-19-20-21-22-23-24-25-26-27-28-29-30-31-32-33-34-35-36-37-38-39-41-43-45-47-53(57)52(51-62-63(59,60)61-50-49-56(3,4)5)55-54(58)48-46-44-42-40-17-15-13-11-9-7-2/h11,13,38-39,45,47,52-53,57H,6-10,12,14-37,40-44,46,48-51H2,1-5H3,(H-,55,58,59,60)/p+1/b13-11-,39-38+,47-45+. The number of rotatable bonds is 49. The van der Waals surface area contributed by atoms with Crippen LogP contribution in [0.25, 0.3) is 0 Å². The summed E-state index contributed by atoms with van der Waals surface area (Å²) in [6, 6.07) is -0.866. The number of phosphoric ester groups is 1. The molecule has 0 aliphatic heterocycles. The first-order valence-corrected chi connectivity index (χ1v) is 28.4. The zero-order valence-electron chi connectivity index (χ0n) is 42.3. The molecule has 0 aromatic rings. The molecule has 0 spiro atoms. The lowest BCUT2D eigenvalue weighted by Crippen LogP contribution is -2.45. The molecule has 1 amide bonds. The predicted molar refractivity (Wildman–Crippen MR) is 272 cm³/mol. The van der Waals surface area contributed by atoms with E-state index in [0.29, 0.717) is 17.4 Å². The second kappa shape index (κ2) is 45.9. The van der Waals surface area contributed by atoms with E-state index in [0.717, 1.165) is 64.2 Å². The van der Waals surface area contributed by atoms with Gasteiger partial charge in [-0.1, -0.05) is 230 Å². The van der Waals surface area contributed by atoms with Gasteiger partial charge in [0.25, 0.3) is 0 Å². The SMILES string of the molecule is CCC/C=C\CCCCCCCC(=O)NC(COP(=O)(O)OCC[N+](C)(C)C)C(O)/C=C/CC/C=C/CCCCCCCCCCCCCCCCCCCCCCCCCCC. The minimum absolute atomic E-state index is 0.0546. The van der Waals surface area contributed by atoms with Crippen molar-refractivity contribution in [2.75, 3.05) is 40.9 Å². The number of likely N-dealkylation sites (N-methyl/N-ethyl adjacent to an activating group) is 1. The zero-order chi connectivity index (χ0) is 46.4.